The summed E-state index contributed by atoms with van der Waals surface area (Å²) in [6.07, 6.45) is -0.381. The van der Waals surface area contributed by atoms with E-state index in [0.29, 0.717) is 18.9 Å². The van der Waals surface area contributed by atoms with Crippen molar-refractivity contribution in [3.63, 3.8) is 0 Å². The molecule has 1 amide bonds. The number of anilines is 1. The molecule has 2 rings (SSSR count). The lowest BCUT2D eigenvalue weighted by molar-refractivity contribution is -0.133. The number of thioether (sulfide) groups is 1. The third kappa shape index (κ3) is 4.52. The van der Waals surface area contributed by atoms with E-state index in [1.54, 1.807) is 18.2 Å². The number of amides is 1. The Labute approximate surface area is 120 Å². The van der Waals surface area contributed by atoms with E-state index in [1.807, 2.05) is 6.07 Å². The summed E-state index contributed by atoms with van der Waals surface area (Å²) in [5, 5.41) is 11.2. The average Bonchev–Trinajstić information content (AvgIpc) is 2.92. The number of hydrogen-bond acceptors (Lipinski definition) is 5. The first-order valence-electron chi connectivity index (χ1n) is 6.08. The van der Waals surface area contributed by atoms with Gasteiger partial charge < -0.3 is 19.9 Å². The number of benzene rings is 1. The molecule has 0 spiro atoms. The number of ether oxygens (including phenoxy) is 2. The minimum Gasteiger partial charge on any atom is -0.481 e. The molecule has 1 aromatic rings. The molecule has 0 bridgehead atoms. The molecule has 0 radical (unpaired) electrons. The van der Waals surface area contributed by atoms with Gasteiger partial charge in [-0.1, -0.05) is 12.1 Å². The fourth-order valence-electron chi connectivity index (χ4n) is 1.74. The van der Waals surface area contributed by atoms with Crippen molar-refractivity contribution in [2.45, 2.75) is 6.29 Å². The number of carboxylic acids is 1. The molecule has 1 fully saturated rings. The Kier molecular flexibility index (Phi) is 5.40. The Balaban J connectivity index is 1.87. The molecular formula is C13H15NO5S. The SMILES string of the molecule is O=C(O)CSCC(=O)Nc1cccc(C2OCCO2)c1. The molecule has 1 aromatic carbocycles. The molecule has 1 aliphatic heterocycles. The van der Waals surface area contributed by atoms with Gasteiger partial charge in [-0.2, -0.15) is 0 Å². The molecule has 0 aliphatic carbocycles. The predicted octanol–water partition coefficient (Wildman–Crippen LogP) is 1.49. The topological polar surface area (TPSA) is 84.9 Å². The van der Waals surface area contributed by atoms with Crippen molar-refractivity contribution in [3.8, 4) is 0 Å². The first-order valence-corrected chi connectivity index (χ1v) is 7.23. The predicted molar refractivity (Wildman–Crippen MR) is 74.7 cm³/mol. The van der Waals surface area contributed by atoms with Crippen molar-refractivity contribution in [1.29, 1.82) is 0 Å². The van der Waals surface area contributed by atoms with Crippen LogP contribution in [-0.2, 0) is 19.1 Å². The summed E-state index contributed by atoms with van der Waals surface area (Å²) in [4.78, 5) is 22.0. The molecule has 1 aliphatic rings. The summed E-state index contributed by atoms with van der Waals surface area (Å²) < 4.78 is 10.8. The highest BCUT2D eigenvalue weighted by atomic mass is 32.2. The maximum atomic E-state index is 11.6. The van der Waals surface area contributed by atoms with Gasteiger partial charge in [-0.15, -0.1) is 11.8 Å². The Morgan fingerprint density at radius 3 is 2.75 bits per heavy atom. The minimum absolute atomic E-state index is 0.0861. The van der Waals surface area contributed by atoms with Crippen LogP contribution in [0.5, 0.6) is 0 Å². The third-order valence-electron chi connectivity index (χ3n) is 2.52. The van der Waals surface area contributed by atoms with Crippen LogP contribution in [-0.4, -0.2) is 41.7 Å². The molecule has 108 valence electrons. The van der Waals surface area contributed by atoms with Gasteiger partial charge in [0.05, 0.1) is 24.7 Å². The lowest BCUT2D eigenvalue weighted by Crippen LogP contribution is -2.15. The summed E-state index contributed by atoms with van der Waals surface area (Å²) in [6.45, 7) is 1.13. The van der Waals surface area contributed by atoms with Gasteiger partial charge in [-0.3, -0.25) is 9.59 Å². The second kappa shape index (κ2) is 7.28. The summed E-state index contributed by atoms with van der Waals surface area (Å²) >= 11 is 1.06. The minimum atomic E-state index is -0.930. The van der Waals surface area contributed by atoms with E-state index < -0.39 is 5.97 Å². The van der Waals surface area contributed by atoms with Crippen LogP contribution < -0.4 is 5.32 Å². The van der Waals surface area contributed by atoms with E-state index in [-0.39, 0.29) is 23.7 Å². The Hall–Kier alpha value is -1.57. The van der Waals surface area contributed by atoms with Crippen molar-refractivity contribution in [3.05, 3.63) is 29.8 Å². The zero-order valence-corrected chi connectivity index (χ0v) is 11.5. The number of hydrogen-bond donors (Lipinski definition) is 2. The monoisotopic (exact) mass is 297 g/mol. The summed E-state index contributed by atoms with van der Waals surface area (Å²) in [5.74, 6) is -1.15. The molecule has 2 N–H and O–H groups in total. The fourth-order valence-corrected chi connectivity index (χ4v) is 2.28. The van der Waals surface area contributed by atoms with Crippen LogP contribution in [0.1, 0.15) is 11.9 Å². The van der Waals surface area contributed by atoms with E-state index in [1.165, 1.54) is 0 Å². The van der Waals surface area contributed by atoms with E-state index in [0.717, 1.165) is 17.3 Å². The maximum absolute atomic E-state index is 11.6. The van der Waals surface area contributed by atoms with Crippen LogP contribution in [0.3, 0.4) is 0 Å². The van der Waals surface area contributed by atoms with Crippen molar-refractivity contribution in [2.75, 3.05) is 30.0 Å². The zero-order chi connectivity index (χ0) is 14.4. The highest BCUT2D eigenvalue weighted by Crippen LogP contribution is 2.25. The van der Waals surface area contributed by atoms with Crippen LogP contribution in [0.15, 0.2) is 24.3 Å². The number of nitrogens with one attached hydrogen (secondary N) is 1. The number of rotatable bonds is 6. The van der Waals surface area contributed by atoms with Gasteiger partial charge in [-0.25, -0.2) is 0 Å². The van der Waals surface area contributed by atoms with Crippen molar-refractivity contribution in [1.82, 2.24) is 0 Å². The molecule has 1 saturated heterocycles. The summed E-state index contributed by atoms with van der Waals surface area (Å²) in [6, 6.07) is 7.22. The Morgan fingerprint density at radius 2 is 2.05 bits per heavy atom. The molecule has 20 heavy (non-hydrogen) atoms. The first-order chi connectivity index (χ1) is 9.65. The van der Waals surface area contributed by atoms with Crippen molar-refractivity contribution < 1.29 is 24.2 Å². The van der Waals surface area contributed by atoms with Gasteiger partial charge in [0.2, 0.25) is 5.91 Å². The van der Waals surface area contributed by atoms with Crippen LogP contribution >= 0.6 is 11.8 Å². The summed E-state index contributed by atoms with van der Waals surface area (Å²) in [7, 11) is 0. The zero-order valence-electron chi connectivity index (χ0n) is 10.7. The van der Waals surface area contributed by atoms with Crippen LogP contribution in [0.4, 0.5) is 5.69 Å². The van der Waals surface area contributed by atoms with Gasteiger partial charge in [-0.05, 0) is 12.1 Å². The molecule has 0 unspecified atom stereocenters. The van der Waals surface area contributed by atoms with Gasteiger partial charge in [0, 0.05) is 11.3 Å². The largest absolute Gasteiger partial charge is 0.481 e. The molecule has 7 heteroatoms. The van der Waals surface area contributed by atoms with E-state index >= 15 is 0 Å². The second-order valence-corrected chi connectivity index (χ2v) is 5.12. The van der Waals surface area contributed by atoms with E-state index in [9.17, 15) is 9.59 Å². The van der Waals surface area contributed by atoms with Crippen LogP contribution in [0.2, 0.25) is 0 Å². The smallest absolute Gasteiger partial charge is 0.313 e. The number of carbonyl (C=O) groups is 2. The lowest BCUT2D eigenvalue weighted by atomic mass is 10.2. The highest BCUT2D eigenvalue weighted by Gasteiger charge is 2.18. The highest BCUT2D eigenvalue weighted by molar-refractivity contribution is 8.00. The van der Waals surface area contributed by atoms with Crippen molar-refractivity contribution >= 4 is 29.3 Å². The fraction of sp³-hybridized carbons (Fsp3) is 0.385. The molecule has 6 nitrogen and oxygen atoms in total. The summed E-state index contributed by atoms with van der Waals surface area (Å²) in [5.41, 5.74) is 1.49. The van der Waals surface area contributed by atoms with E-state index in [4.69, 9.17) is 14.6 Å². The van der Waals surface area contributed by atoms with Gasteiger partial charge in [0.15, 0.2) is 6.29 Å². The normalized spacial score (nSPS) is 15.2. The molecule has 1 heterocycles. The standard InChI is InChI=1S/C13H15NO5S/c15-11(7-20-8-12(16)17)14-10-3-1-2-9(6-10)13-18-4-5-19-13/h1-3,6,13H,4-5,7-8H2,(H,14,15)(H,16,17). The molecule has 0 saturated carbocycles. The molecule has 0 aromatic heterocycles. The number of carboxylic acid groups (broad SMARTS) is 1. The van der Waals surface area contributed by atoms with E-state index in [2.05, 4.69) is 5.32 Å². The molecule has 0 atom stereocenters. The molecular weight excluding hydrogens is 282 g/mol. The number of carbonyl (C=O) groups excluding carboxylic acids is 1. The van der Waals surface area contributed by atoms with Gasteiger partial charge in [0.1, 0.15) is 0 Å². The van der Waals surface area contributed by atoms with Crippen molar-refractivity contribution in [2.24, 2.45) is 0 Å². The van der Waals surface area contributed by atoms with Gasteiger partial charge >= 0.3 is 5.97 Å². The first kappa shape index (κ1) is 14.8. The Morgan fingerprint density at radius 1 is 1.30 bits per heavy atom. The Bertz CT molecular complexity index is 487. The number of aliphatic carboxylic acids is 1. The van der Waals surface area contributed by atoms with Gasteiger partial charge in [0.25, 0.3) is 0 Å². The third-order valence-corrected chi connectivity index (χ3v) is 3.44. The van der Waals surface area contributed by atoms with Crippen LogP contribution in [0, 0.1) is 0 Å². The quantitative estimate of drug-likeness (QED) is 0.827. The van der Waals surface area contributed by atoms with Crippen LogP contribution in [0.25, 0.3) is 0 Å². The second-order valence-electron chi connectivity index (χ2n) is 4.13. The lowest BCUT2D eigenvalue weighted by Gasteiger charge is -2.11. The average molecular weight is 297 g/mol. The maximum Gasteiger partial charge on any atom is 0.313 e.